The van der Waals surface area contributed by atoms with E-state index in [1.54, 1.807) is 11.4 Å². The number of aromatic carboxylic acids is 1. The fraction of sp³-hybridized carbons (Fsp3) is 0.0769. The van der Waals surface area contributed by atoms with Crippen LogP contribution in [0.4, 0.5) is 0 Å². The highest BCUT2D eigenvalue weighted by atomic mass is 32.1. The van der Waals surface area contributed by atoms with Crippen molar-refractivity contribution in [2.75, 3.05) is 0 Å². The Hall–Kier alpha value is -2.74. The van der Waals surface area contributed by atoms with Crippen LogP contribution in [0.25, 0.3) is 10.2 Å². The third-order valence-electron chi connectivity index (χ3n) is 2.70. The first kappa shape index (κ1) is 13.3. The van der Waals surface area contributed by atoms with Crippen molar-refractivity contribution in [1.82, 2.24) is 15.0 Å². The van der Waals surface area contributed by atoms with Crippen LogP contribution in [0.5, 0.6) is 5.75 Å². The highest BCUT2D eigenvalue weighted by Gasteiger charge is 2.07. The molecule has 0 radical (unpaired) electrons. The molecule has 3 heterocycles. The SMILES string of the molecule is O=C(O)c1cncc(OCc2nc3ccsc3c(=O)[nH]2)c1. The van der Waals surface area contributed by atoms with Crippen molar-refractivity contribution in [3.63, 3.8) is 0 Å². The minimum absolute atomic E-state index is 0.0196. The Kier molecular flexibility index (Phi) is 3.36. The van der Waals surface area contributed by atoms with Gasteiger partial charge in [0.1, 0.15) is 22.9 Å². The van der Waals surface area contributed by atoms with Crippen LogP contribution in [0.1, 0.15) is 16.2 Å². The Morgan fingerprint density at radius 1 is 1.43 bits per heavy atom. The predicted molar refractivity (Wildman–Crippen MR) is 75.8 cm³/mol. The van der Waals surface area contributed by atoms with Crippen molar-refractivity contribution in [2.24, 2.45) is 0 Å². The summed E-state index contributed by atoms with van der Waals surface area (Å²) in [4.78, 5) is 33.3. The average molecular weight is 303 g/mol. The van der Waals surface area contributed by atoms with Crippen molar-refractivity contribution in [3.05, 3.63) is 51.6 Å². The highest BCUT2D eigenvalue weighted by molar-refractivity contribution is 7.17. The third kappa shape index (κ3) is 2.75. The minimum atomic E-state index is -1.08. The molecule has 2 N–H and O–H groups in total. The average Bonchev–Trinajstić information content (AvgIpc) is 2.94. The lowest BCUT2D eigenvalue weighted by Gasteiger charge is -2.05. The molecule has 0 aliphatic rings. The second-order valence-electron chi connectivity index (χ2n) is 4.15. The number of nitrogens with one attached hydrogen (secondary N) is 1. The summed E-state index contributed by atoms with van der Waals surface area (Å²) in [5.41, 5.74) is 0.424. The molecule has 0 saturated heterocycles. The van der Waals surface area contributed by atoms with Crippen LogP contribution in [0.15, 0.2) is 34.7 Å². The molecule has 0 aromatic carbocycles. The minimum Gasteiger partial charge on any atom is -0.484 e. The monoisotopic (exact) mass is 303 g/mol. The van der Waals surface area contributed by atoms with E-state index in [9.17, 15) is 9.59 Å². The van der Waals surface area contributed by atoms with Crippen molar-refractivity contribution >= 4 is 27.5 Å². The maximum Gasteiger partial charge on any atom is 0.337 e. The van der Waals surface area contributed by atoms with Gasteiger partial charge >= 0.3 is 5.97 Å². The van der Waals surface area contributed by atoms with E-state index in [1.807, 2.05) is 0 Å². The van der Waals surface area contributed by atoms with E-state index >= 15 is 0 Å². The highest BCUT2D eigenvalue weighted by Crippen LogP contribution is 2.15. The van der Waals surface area contributed by atoms with Crippen molar-refractivity contribution in [1.29, 1.82) is 0 Å². The summed E-state index contributed by atoms with van der Waals surface area (Å²) in [6, 6.07) is 3.11. The van der Waals surface area contributed by atoms with Gasteiger partial charge in [0.05, 0.1) is 17.3 Å². The maximum atomic E-state index is 11.8. The molecule has 8 heteroatoms. The fourth-order valence-corrected chi connectivity index (χ4v) is 2.48. The molecule has 0 aliphatic heterocycles. The van der Waals surface area contributed by atoms with Crippen LogP contribution in [0.3, 0.4) is 0 Å². The largest absolute Gasteiger partial charge is 0.484 e. The lowest BCUT2D eigenvalue weighted by atomic mass is 10.3. The van der Waals surface area contributed by atoms with Crippen LogP contribution in [0.2, 0.25) is 0 Å². The summed E-state index contributed by atoms with van der Waals surface area (Å²) in [5, 5.41) is 10.7. The summed E-state index contributed by atoms with van der Waals surface area (Å²) in [7, 11) is 0. The molecular weight excluding hydrogens is 294 g/mol. The number of thiophene rings is 1. The molecule has 21 heavy (non-hydrogen) atoms. The maximum absolute atomic E-state index is 11.8. The number of aromatic nitrogens is 3. The van der Waals surface area contributed by atoms with Crippen LogP contribution >= 0.6 is 11.3 Å². The van der Waals surface area contributed by atoms with E-state index < -0.39 is 5.97 Å². The smallest absolute Gasteiger partial charge is 0.337 e. The third-order valence-corrected chi connectivity index (χ3v) is 3.60. The molecule has 0 spiro atoms. The molecule has 106 valence electrons. The number of rotatable bonds is 4. The number of fused-ring (bicyclic) bond motifs is 1. The number of ether oxygens (including phenoxy) is 1. The van der Waals surface area contributed by atoms with Gasteiger partial charge < -0.3 is 14.8 Å². The van der Waals surface area contributed by atoms with Gasteiger partial charge in [0.15, 0.2) is 0 Å². The first-order valence-electron chi connectivity index (χ1n) is 5.91. The van der Waals surface area contributed by atoms with E-state index in [2.05, 4.69) is 15.0 Å². The second-order valence-corrected chi connectivity index (χ2v) is 5.07. The zero-order chi connectivity index (χ0) is 14.8. The topological polar surface area (TPSA) is 105 Å². The Morgan fingerprint density at radius 3 is 3.10 bits per heavy atom. The summed E-state index contributed by atoms with van der Waals surface area (Å²) >= 11 is 1.32. The van der Waals surface area contributed by atoms with Gasteiger partial charge in [-0.05, 0) is 17.5 Å². The van der Waals surface area contributed by atoms with Gasteiger partial charge in [-0.3, -0.25) is 9.78 Å². The second kappa shape index (κ2) is 5.33. The van der Waals surface area contributed by atoms with E-state index in [0.29, 0.717) is 21.8 Å². The zero-order valence-electron chi connectivity index (χ0n) is 10.6. The van der Waals surface area contributed by atoms with Crippen molar-refractivity contribution < 1.29 is 14.6 Å². The van der Waals surface area contributed by atoms with Gasteiger partial charge in [0.25, 0.3) is 5.56 Å². The van der Waals surface area contributed by atoms with Crippen LogP contribution in [-0.2, 0) is 6.61 Å². The number of pyridine rings is 1. The number of nitrogens with zero attached hydrogens (tertiary/aromatic N) is 2. The Bertz CT molecular complexity index is 871. The quantitative estimate of drug-likeness (QED) is 0.759. The molecule has 0 atom stereocenters. The summed E-state index contributed by atoms with van der Waals surface area (Å²) in [6.07, 6.45) is 2.63. The fourth-order valence-electron chi connectivity index (χ4n) is 1.76. The zero-order valence-corrected chi connectivity index (χ0v) is 11.4. The van der Waals surface area contributed by atoms with E-state index in [1.165, 1.54) is 29.8 Å². The van der Waals surface area contributed by atoms with Crippen LogP contribution < -0.4 is 10.3 Å². The summed E-state index contributed by atoms with van der Waals surface area (Å²) < 4.78 is 5.97. The standard InChI is InChI=1S/C13H9N3O4S/c17-12-11-9(1-2-21-11)15-10(16-12)6-20-8-3-7(13(18)19)4-14-5-8/h1-5H,6H2,(H,18,19)(H,15,16,17). The van der Waals surface area contributed by atoms with E-state index in [0.717, 1.165) is 0 Å². The Balaban J connectivity index is 1.81. The number of hydrogen-bond acceptors (Lipinski definition) is 6. The number of aromatic amines is 1. The molecule has 0 aliphatic carbocycles. The molecule has 0 unspecified atom stereocenters. The van der Waals surface area contributed by atoms with E-state index in [-0.39, 0.29) is 17.7 Å². The first-order chi connectivity index (χ1) is 10.1. The number of carboxylic acids is 1. The van der Waals surface area contributed by atoms with Gasteiger partial charge in [0.2, 0.25) is 0 Å². The van der Waals surface area contributed by atoms with Gasteiger partial charge in [-0.1, -0.05) is 0 Å². The molecule has 7 nitrogen and oxygen atoms in total. The number of carbonyl (C=O) groups is 1. The Morgan fingerprint density at radius 2 is 2.29 bits per heavy atom. The summed E-state index contributed by atoms with van der Waals surface area (Å²) in [5.74, 6) is -0.422. The molecule has 0 amide bonds. The molecular formula is C13H9N3O4S. The normalized spacial score (nSPS) is 10.7. The predicted octanol–water partition coefficient (Wildman–Crippen LogP) is 1.66. The lowest BCUT2D eigenvalue weighted by molar-refractivity contribution is 0.0696. The first-order valence-corrected chi connectivity index (χ1v) is 6.79. The Labute approximate surface area is 121 Å². The van der Waals surface area contributed by atoms with Crippen molar-refractivity contribution in [3.8, 4) is 5.75 Å². The van der Waals surface area contributed by atoms with Crippen molar-refractivity contribution in [2.45, 2.75) is 6.61 Å². The molecule has 3 aromatic rings. The van der Waals surface area contributed by atoms with E-state index in [4.69, 9.17) is 9.84 Å². The van der Waals surface area contributed by atoms with Crippen LogP contribution in [-0.4, -0.2) is 26.0 Å². The number of H-pyrrole nitrogens is 1. The van der Waals surface area contributed by atoms with Gasteiger partial charge in [-0.25, -0.2) is 9.78 Å². The van der Waals surface area contributed by atoms with Gasteiger partial charge in [-0.2, -0.15) is 0 Å². The molecule has 3 rings (SSSR count). The number of carboxylic acid groups (broad SMARTS) is 1. The van der Waals surface area contributed by atoms with Gasteiger partial charge in [0, 0.05) is 6.20 Å². The summed E-state index contributed by atoms with van der Waals surface area (Å²) in [6.45, 7) is 0.0196. The molecule has 0 bridgehead atoms. The number of hydrogen-bond donors (Lipinski definition) is 2. The van der Waals surface area contributed by atoms with Gasteiger partial charge in [-0.15, -0.1) is 11.3 Å². The van der Waals surface area contributed by atoms with Crippen LogP contribution in [0, 0.1) is 0 Å². The molecule has 3 aromatic heterocycles. The lowest BCUT2D eigenvalue weighted by Crippen LogP contribution is -2.12. The molecule has 0 fully saturated rings. The molecule has 0 saturated carbocycles.